The minimum atomic E-state index is -0.645. The average Bonchev–Trinajstić information content (AvgIpc) is 2.41. The molecule has 6 heteroatoms. The van der Waals surface area contributed by atoms with Crippen molar-refractivity contribution in [2.45, 2.75) is 31.7 Å². The van der Waals surface area contributed by atoms with Gasteiger partial charge in [-0.3, -0.25) is 19.7 Å². The van der Waals surface area contributed by atoms with Crippen molar-refractivity contribution in [1.82, 2.24) is 10.6 Å². The fourth-order valence-electron chi connectivity index (χ4n) is 2.01. The molecule has 1 aliphatic rings. The predicted molar refractivity (Wildman–Crippen MR) is 69.0 cm³/mol. The molecule has 3 amide bonds. The summed E-state index contributed by atoms with van der Waals surface area (Å²) in [6.07, 6.45) is 1.24. The Morgan fingerprint density at radius 1 is 1.30 bits per heavy atom. The number of halogens is 1. The fraction of sp³-hybridized carbons (Fsp3) is 0.357. The van der Waals surface area contributed by atoms with E-state index in [2.05, 4.69) is 10.6 Å². The lowest BCUT2D eigenvalue weighted by molar-refractivity contribution is -0.137. The monoisotopic (exact) mass is 278 g/mol. The number of carbonyl (C=O) groups excluding carboxylic acids is 3. The molecule has 0 spiro atoms. The number of benzene rings is 1. The zero-order valence-corrected chi connectivity index (χ0v) is 10.8. The van der Waals surface area contributed by atoms with Crippen LogP contribution >= 0.6 is 0 Å². The maximum Gasteiger partial charge on any atom is 0.249 e. The van der Waals surface area contributed by atoms with E-state index >= 15 is 0 Å². The summed E-state index contributed by atoms with van der Waals surface area (Å²) >= 11 is 0. The Morgan fingerprint density at radius 3 is 2.65 bits per heavy atom. The molecule has 1 saturated heterocycles. The standard InChI is InChI=1S/C14H15FN2O3/c15-10-4-1-9(2-5-10)3-7-12(18)16-11-6-8-13(19)17-14(11)20/h1-2,4-5,11H,3,6-8H2,(H,16,18)(H,17,19,20). The van der Waals surface area contributed by atoms with Crippen LogP contribution in [0.4, 0.5) is 4.39 Å². The van der Waals surface area contributed by atoms with Gasteiger partial charge in [0.05, 0.1) is 0 Å². The number of amides is 3. The van der Waals surface area contributed by atoms with E-state index in [1.807, 2.05) is 0 Å². The van der Waals surface area contributed by atoms with Gasteiger partial charge in [0.25, 0.3) is 0 Å². The van der Waals surface area contributed by atoms with Gasteiger partial charge in [-0.1, -0.05) is 12.1 Å². The smallest absolute Gasteiger partial charge is 0.249 e. The Labute approximate surface area is 115 Å². The third kappa shape index (κ3) is 3.88. The van der Waals surface area contributed by atoms with Crippen molar-refractivity contribution in [2.24, 2.45) is 0 Å². The summed E-state index contributed by atoms with van der Waals surface area (Å²) in [6, 6.07) is 5.28. The lowest BCUT2D eigenvalue weighted by Crippen LogP contribution is -2.52. The van der Waals surface area contributed by atoms with E-state index in [0.29, 0.717) is 12.8 Å². The Kier molecular flexibility index (Phi) is 4.45. The van der Waals surface area contributed by atoms with Gasteiger partial charge >= 0.3 is 0 Å². The molecule has 2 rings (SSSR count). The largest absolute Gasteiger partial charge is 0.344 e. The van der Waals surface area contributed by atoms with Crippen LogP contribution in [0.25, 0.3) is 0 Å². The number of hydrogen-bond acceptors (Lipinski definition) is 3. The van der Waals surface area contributed by atoms with E-state index in [4.69, 9.17) is 0 Å². The third-order valence-corrected chi connectivity index (χ3v) is 3.13. The third-order valence-electron chi connectivity index (χ3n) is 3.13. The molecule has 1 aromatic carbocycles. The molecule has 0 aliphatic carbocycles. The van der Waals surface area contributed by atoms with Crippen molar-refractivity contribution >= 4 is 17.7 Å². The molecule has 1 fully saturated rings. The molecule has 1 aliphatic heterocycles. The minimum Gasteiger partial charge on any atom is -0.344 e. The highest BCUT2D eigenvalue weighted by atomic mass is 19.1. The molecule has 1 heterocycles. The molecule has 106 valence electrons. The summed E-state index contributed by atoms with van der Waals surface area (Å²) in [7, 11) is 0. The van der Waals surface area contributed by atoms with E-state index in [1.165, 1.54) is 12.1 Å². The topological polar surface area (TPSA) is 75.3 Å². The van der Waals surface area contributed by atoms with Crippen LogP contribution in [0.1, 0.15) is 24.8 Å². The van der Waals surface area contributed by atoms with Gasteiger partial charge in [0, 0.05) is 12.8 Å². The van der Waals surface area contributed by atoms with Crippen molar-refractivity contribution in [3.05, 3.63) is 35.6 Å². The van der Waals surface area contributed by atoms with Crippen LogP contribution in [0.2, 0.25) is 0 Å². The molecule has 0 radical (unpaired) electrons. The van der Waals surface area contributed by atoms with Gasteiger partial charge in [0.1, 0.15) is 11.9 Å². The first-order valence-electron chi connectivity index (χ1n) is 6.42. The molecule has 1 atom stereocenters. The predicted octanol–water partition coefficient (Wildman–Crippen LogP) is 0.680. The van der Waals surface area contributed by atoms with Gasteiger partial charge in [-0.15, -0.1) is 0 Å². The maximum absolute atomic E-state index is 12.7. The van der Waals surface area contributed by atoms with Crippen molar-refractivity contribution in [1.29, 1.82) is 0 Å². The quantitative estimate of drug-likeness (QED) is 0.795. The van der Waals surface area contributed by atoms with E-state index in [9.17, 15) is 18.8 Å². The number of imide groups is 1. The zero-order chi connectivity index (χ0) is 14.5. The molecule has 1 aromatic rings. The summed E-state index contributed by atoms with van der Waals surface area (Å²) in [5.74, 6) is -1.35. The van der Waals surface area contributed by atoms with E-state index in [-0.39, 0.29) is 30.5 Å². The van der Waals surface area contributed by atoms with Gasteiger partial charge in [-0.05, 0) is 30.5 Å². The molecule has 0 aromatic heterocycles. The number of rotatable bonds is 4. The molecule has 20 heavy (non-hydrogen) atoms. The van der Waals surface area contributed by atoms with Crippen LogP contribution < -0.4 is 10.6 Å². The van der Waals surface area contributed by atoms with Crippen molar-refractivity contribution < 1.29 is 18.8 Å². The molecule has 5 nitrogen and oxygen atoms in total. The summed E-state index contributed by atoms with van der Waals surface area (Å²) in [4.78, 5) is 34.2. The normalized spacial score (nSPS) is 18.6. The lowest BCUT2D eigenvalue weighted by Gasteiger charge is -2.21. The second kappa shape index (κ2) is 6.27. The number of hydrogen-bond donors (Lipinski definition) is 2. The Morgan fingerprint density at radius 2 is 2.00 bits per heavy atom. The Hall–Kier alpha value is -2.24. The Bertz CT molecular complexity index is 528. The minimum absolute atomic E-state index is 0.212. The van der Waals surface area contributed by atoms with Crippen LogP contribution in [0.15, 0.2) is 24.3 Å². The second-order valence-electron chi connectivity index (χ2n) is 4.70. The van der Waals surface area contributed by atoms with Crippen molar-refractivity contribution in [3.8, 4) is 0 Å². The Balaban J connectivity index is 1.79. The summed E-state index contributed by atoms with van der Waals surface area (Å²) in [5, 5.41) is 4.77. The SMILES string of the molecule is O=C1CCC(NC(=O)CCc2ccc(F)cc2)C(=O)N1. The summed E-state index contributed by atoms with van der Waals surface area (Å²) in [6.45, 7) is 0. The first kappa shape index (κ1) is 14.2. The van der Waals surface area contributed by atoms with Crippen LogP contribution in [0, 0.1) is 5.82 Å². The molecule has 1 unspecified atom stereocenters. The molecule has 2 N–H and O–H groups in total. The van der Waals surface area contributed by atoms with E-state index in [0.717, 1.165) is 5.56 Å². The molecular weight excluding hydrogens is 263 g/mol. The van der Waals surface area contributed by atoms with Crippen LogP contribution in [0.3, 0.4) is 0 Å². The van der Waals surface area contributed by atoms with Crippen molar-refractivity contribution in [2.75, 3.05) is 0 Å². The summed E-state index contributed by atoms with van der Waals surface area (Å²) < 4.78 is 12.7. The van der Waals surface area contributed by atoms with Gasteiger partial charge < -0.3 is 5.32 Å². The highest BCUT2D eigenvalue weighted by Gasteiger charge is 2.27. The van der Waals surface area contributed by atoms with Crippen LogP contribution in [-0.4, -0.2) is 23.8 Å². The molecule has 0 bridgehead atoms. The van der Waals surface area contributed by atoms with Crippen LogP contribution in [0.5, 0.6) is 0 Å². The van der Waals surface area contributed by atoms with Crippen LogP contribution in [-0.2, 0) is 20.8 Å². The van der Waals surface area contributed by atoms with Gasteiger partial charge in [0.15, 0.2) is 0 Å². The molecule has 0 saturated carbocycles. The van der Waals surface area contributed by atoms with E-state index in [1.54, 1.807) is 12.1 Å². The second-order valence-corrected chi connectivity index (χ2v) is 4.70. The summed E-state index contributed by atoms with van der Waals surface area (Å²) in [5.41, 5.74) is 0.852. The highest BCUT2D eigenvalue weighted by molar-refractivity contribution is 6.01. The van der Waals surface area contributed by atoms with E-state index < -0.39 is 11.9 Å². The number of piperidine rings is 1. The maximum atomic E-state index is 12.7. The van der Waals surface area contributed by atoms with Gasteiger partial charge in [0.2, 0.25) is 17.7 Å². The molecular formula is C14H15FN2O3. The first-order chi connectivity index (χ1) is 9.54. The number of carbonyl (C=O) groups is 3. The average molecular weight is 278 g/mol. The van der Waals surface area contributed by atoms with Gasteiger partial charge in [-0.2, -0.15) is 0 Å². The van der Waals surface area contributed by atoms with Gasteiger partial charge in [-0.25, -0.2) is 4.39 Å². The van der Waals surface area contributed by atoms with Crippen molar-refractivity contribution in [3.63, 3.8) is 0 Å². The highest BCUT2D eigenvalue weighted by Crippen LogP contribution is 2.07. The number of aryl methyl sites for hydroxylation is 1. The zero-order valence-electron chi connectivity index (χ0n) is 10.8. The lowest BCUT2D eigenvalue weighted by atomic mass is 10.1. The number of nitrogens with one attached hydrogen (secondary N) is 2. The first-order valence-corrected chi connectivity index (χ1v) is 6.42. The fourth-order valence-corrected chi connectivity index (χ4v) is 2.01.